The number of Topliss-reactive ketones (excluding diaryl/α,β-unsaturated/α-hetero) is 1. The van der Waals surface area contributed by atoms with E-state index in [1.807, 2.05) is 39.0 Å². The maximum absolute atomic E-state index is 12.6. The third-order valence-electron chi connectivity index (χ3n) is 4.47. The first-order valence-corrected chi connectivity index (χ1v) is 9.23. The van der Waals surface area contributed by atoms with Gasteiger partial charge in [-0.05, 0) is 39.3 Å². The Hall–Kier alpha value is -3.34. The Morgan fingerprint density at radius 3 is 2.45 bits per heavy atom. The van der Waals surface area contributed by atoms with Crippen molar-refractivity contribution in [3.8, 4) is 6.07 Å². The molecule has 0 aromatic heterocycles. The number of nitrogens with one attached hydrogen (secondary N) is 1. The van der Waals surface area contributed by atoms with Crippen molar-refractivity contribution in [2.24, 2.45) is 0 Å². The van der Waals surface area contributed by atoms with Crippen LogP contribution in [0, 0.1) is 11.3 Å². The lowest BCUT2D eigenvalue weighted by atomic mass is 9.91. The Labute approximate surface area is 170 Å². The van der Waals surface area contributed by atoms with Crippen LogP contribution in [0.3, 0.4) is 0 Å². The lowest BCUT2D eigenvalue weighted by molar-refractivity contribution is -0.151. The monoisotopic (exact) mass is 399 g/mol. The van der Waals surface area contributed by atoms with Crippen LogP contribution in [0.5, 0.6) is 0 Å². The van der Waals surface area contributed by atoms with Crippen LogP contribution in [-0.4, -0.2) is 41.9 Å². The Bertz CT molecular complexity index is 892. The maximum Gasteiger partial charge on any atom is 0.380 e. The summed E-state index contributed by atoms with van der Waals surface area (Å²) in [4.78, 5) is 38.5. The quantitative estimate of drug-likeness (QED) is 0.348. The summed E-state index contributed by atoms with van der Waals surface area (Å²) >= 11 is 0. The van der Waals surface area contributed by atoms with Crippen LogP contribution < -0.4 is 5.32 Å². The summed E-state index contributed by atoms with van der Waals surface area (Å²) in [5.74, 6) is -2.42. The molecule has 0 fully saturated rings. The van der Waals surface area contributed by atoms with E-state index in [4.69, 9.17) is 9.47 Å². The Kier molecular flexibility index (Phi) is 6.64. The Morgan fingerprint density at radius 2 is 1.90 bits per heavy atom. The number of rotatable bonds is 5. The van der Waals surface area contributed by atoms with E-state index in [1.54, 1.807) is 24.0 Å². The second-order valence-corrected chi connectivity index (χ2v) is 7.43. The molecule has 1 aliphatic heterocycles. The third-order valence-corrected chi connectivity index (χ3v) is 4.47. The van der Waals surface area contributed by atoms with Crippen LogP contribution in [0.2, 0.25) is 0 Å². The fraction of sp³-hybridized carbons (Fsp3) is 0.429. The summed E-state index contributed by atoms with van der Waals surface area (Å²) in [7, 11) is 1.30. The van der Waals surface area contributed by atoms with Crippen LogP contribution in [0.1, 0.15) is 45.7 Å². The van der Waals surface area contributed by atoms with Crippen LogP contribution in [0.15, 0.2) is 35.7 Å². The normalized spacial score (nSPS) is 17.4. The van der Waals surface area contributed by atoms with E-state index in [2.05, 4.69) is 5.32 Å². The molecule has 0 saturated carbocycles. The molecular weight excluding hydrogens is 374 g/mol. The number of ether oxygens (including phenoxy) is 2. The third kappa shape index (κ3) is 4.57. The molecule has 0 radical (unpaired) electrons. The molecule has 8 nitrogen and oxygen atoms in total. The fourth-order valence-corrected chi connectivity index (χ4v) is 3.32. The number of fused-ring (bicyclic) bond motifs is 1. The zero-order chi connectivity index (χ0) is 21.8. The van der Waals surface area contributed by atoms with Gasteiger partial charge >= 0.3 is 11.9 Å². The summed E-state index contributed by atoms with van der Waals surface area (Å²) in [5.41, 5.74) is 0.479. The lowest BCUT2D eigenvalue weighted by Gasteiger charge is -2.48. The van der Waals surface area contributed by atoms with Gasteiger partial charge in [-0.2, -0.15) is 5.26 Å². The molecule has 1 aromatic carbocycles. The van der Waals surface area contributed by atoms with Gasteiger partial charge in [0.25, 0.3) is 5.78 Å². The Balaban J connectivity index is 2.73. The zero-order valence-electron chi connectivity index (χ0n) is 17.2. The first kappa shape index (κ1) is 22.0. The predicted molar refractivity (Wildman–Crippen MR) is 105 cm³/mol. The summed E-state index contributed by atoms with van der Waals surface area (Å²) in [6.45, 7) is 7.25. The molecule has 0 spiro atoms. The van der Waals surface area contributed by atoms with Crippen molar-refractivity contribution in [2.45, 2.75) is 45.7 Å². The van der Waals surface area contributed by atoms with E-state index >= 15 is 0 Å². The number of carbonyl (C=O) groups excluding carboxylic acids is 3. The number of nitrogens with zero attached hydrogens (tertiary/aromatic N) is 2. The molecule has 0 bridgehead atoms. The number of hydrogen-bond acceptors (Lipinski definition) is 8. The van der Waals surface area contributed by atoms with Crippen molar-refractivity contribution >= 4 is 23.4 Å². The van der Waals surface area contributed by atoms with E-state index in [1.165, 1.54) is 7.11 Å². The summed E-state index contributed by atoms with van der Waals surface area (Å²) in [5, 5.41) is 12.8. The largest absolute Gasteiger partial charge is 0.469 e. The SMILES string of the molecule is CCOC(=O)C(=O)/C(C#N)=C1\Nc2ccccc2C(CC(=O)OC)N1C(C)(C)C. The second kappa shape index (κ2) is 8.78. The maximum atomic E-state index is 12.6. The van der Waals surface area contributed by atoms with Gasteiger partial charge in [0, 0.05) is 11.2 Å². The number of methoxy groups -OCH3 is 1. The highest BCUT2D eigenvalue weighted by molar-refractivity contribution is 6.41. The molecule has 2 rings (SSSR count). The standard InChI is InChI=1S/C21H25N3O5/c1-6-29-20(27)18(26)14(12-22)19-23-15-10-8-7-9-13(15)16(11-17(25)28-5)24(19)21(2,3)4/h7-10,16,23H,6,11H2,1-5H3/b19-14+. The van der Waals surface area contributed by atoms with Gasteiger partial charge < -0.3 is 19.7 Å². The van der Waals surface area contributed by atoms with Crippen LogP contribution in [0.4, 0.5) is 5.69 Å². The molecule has 1 atom stereocenters. The summed E-state index contributed by atoms with van der Waals surface area (Å²) in [6.07, 6.45) is 0.00225. The zero-order valence-corrected chi connectivity index (χ0v) is 17.2. The molecule has 0 aliphatic carbocycles. The highest BCUT2D eigenvalue weighted by Crippen LogP contribution is 2.43. The van der Waals surface area contributed by atoms with E-state index in [9.17, 15) is 19.6 Å². The Morgan fingerprint density at radius 1 is 1.24 bits per heavy atom. The number of carbonyl (C=O) groups is 3. The summed E-state index contributed by atoms with van der Waals surface area (Å²) < 4.78 is 9.64. The van der Waals surface area contributed by atoms with Gasteiger partial charge in [0.15, 0.2) is 0 Å². The topological polar surface area (TPSA) is 109 Å². The van der Waals surface area contributed by atoms with Crippen molar-refractivity contribution < 1.29 is 23.9 Å². The van der Waals surface area contributed by atoms with Crippen molar-refractivity contribution in [1.29, 1.82) is 5.26 Å². The van der Waals surface area contributed by atoms with Gasteiger partial charge in [0.05, 0.1) is 26.2 Å². The molecule has 154 valence electrons. The van der Waals surface area contributed by atoms with E-state index in [0.717, 1.165) is 5.56 Å². The number of nitriles is 1. The molecule has 8 heteroatoms. The number of hydrogen-bond donors (Lipinski definition) is 1. The fourth-order valence-electron chi connectivity index (χ4n) is 3.32. The number of para-hydroxylation sites is 1. The molecule has 1 aliphatic rings. The van der Waals surface area contributed by atoms with Gasteiger partial charge in [0.2, 0.25) is 0 Å². The number of esters is 2. The van der Waals surface area contributed by atoms with Crippen molar-refractivity contribution in [3.63, 3.8) is 0 Å². The van der Waals surface area contributed by atoms with E-state index in [-0.39, 0.29) is 24.4 Å². The minimum atomic E-state index is -1.10. The van der Waals surface area contributed by atoms with E-state index in [0.29, 0.717) is 5.69 Å². The number of benzene rings is 1. The second-order valence-electron chi connectivity index (χ2n) is 7.43. The first-order valence-electron chi connectivity index (χ1n) is 9.23. The highest BCUT2D eigenvalue weighted by Gasteiger charge is 2.41. The van der Waals surface area contributed by atoms with Gasteiger partial charge in [0.1, 0.15) is 17.5 Å². The van der Waals surface area contributed by atoms with Gasteiger partial charge in [-0.1, -0.05) is 18.2 Å². The van der Waals surface area contributed by atoms with Crippen LogP contribution in [0.25, 0.3) is 0 Å². The first-order chi connectivity index (χ1) is 13.6. The molecule has 0 saturated heterocycles. The molecule has 1 heterocycles. The van der Waals surface area contributed by atoms with E-state index < -0.39 is 29.3 Å². The molecule has 1 N–H and O–H groups in total. The number of ketones is 1. The lowest BCUT2D eigenvalue weighted by Crippen LogP contribution is -2.49. The smallest absolute Gasteiger partial charge is 0.380 e. The summed E-state index contributed by atoms with van der Waals surface area (Å²) in [6, 6.07) is 8.62. The van der Waals surface area contributed by atoms with Gasteiger partial charge in [-0.3, -0.25) is 9.59 Å². The van der Waals surface area contributed by atoms with Crippen molar-refractivity contribution in [1.82, 2.24) is 4.90 Å². The molecule has 29 heavy (non-hydrogen) atoms. The molecule has 1 unspecified atom stereocenters. The molecule has 1 aromatic rings. The minimum absolute atomic E-state index is 0.00225. The van der Waals surface area contributed by atoms with Crippen molar-refractivity contribution in [3.05, 3.63) is 41.2 Å². The average molecular weight is 399 g/mol. The van der Waals surface area contributed by atoms with Crippen molar-refractivity contribution in [2.75, 3.05) is 19.0 Å². The molecular formula is C21H25N3O5. The van der Waals surface area contributed by atoms with Crippen LogP contribution >= 0.6 is 0 Å². The highest BCUT2D eigenvalue weighted by atomic mass is 16.5. The molecule has 0 amide bonds. The van der Waals surface area contributed by atoms with Crippen LogP contribution in [-0.2, 0) is 23.9 Å². The predicted octanol–water partition coefficient (Wildman–Crippen LogP) is 2.68. The van der Waals surface area contributed by atoms with Gasteiger partial charge in [-0.25, -0.2) is 4.79 Å². The minimum Gasteiger partial charge on any atom is -0.469 e. The van der Waals surface area contributed by atoms with Gasteiger partial charge in [-0.15, -0.1) is 0 Å². The number of anilines is 1. The average Bonchev–Trinajstić information content (AvgIpc) is 2.67.